The van der Waals surface area contributed by atoms with Crippen molar-refractivity contribution < 1.29 is 22.0 Å². The molecule has 3 aromatic rings. The Morgan fingerprint density at radius 3 is 2.26 bits per heavy atom. The number of hydrogen-bond acceptors (Lipinski definition) is 4. The van der Waals surface area contributed by atoms with Crippen molar-refractivity contribution in [2.45, 2.75) is 0 Å². The standard InChI is InChI=1S/C23H21FN2O4S/c24-20-8-6-19(7-9-20)21-10-11-22(30-21)23(27)25-13-15-26(16-14-25)31(28,29)17-12-18-4-2-1-3-5-18/h1-12,17H,13-16H2/b17-12+. The van der Waals surface area contributed by atoms with Crippen molar-refractivity contribution in [3.8, 4) is 11.3 Å². The number of rotatable bonds is 5. The summed E-state index contributed by atoms with van der Waals surface area (Å²) in [6.45, 7) is 0.950. The Balaban J connectivity index is 1.38. The van der Waals surface area contributed by atoms with Gasteiger partial charge >= 0.3 is 0 Å². The van der Waals surface area contributed by atoms with Gasteiger partial charge in [-0.3, -0.25) is 4.79 Å². The Labute approximate surface area is 180 Å². The SMILES string of the molecule is O=C(c1ccc(-c2ccc(F)cc2)o1)N1CCN(S(=O)(=O)/C=C/c2ccccc2)CC1. The van der Waals surface area contributed by atoms with Gasteiger partial charge in [0.15, 0.2) is 5.76 Å². The summed E-state index contributed by atoms with van der Waals surface area (Å²) in [5, 5.41) is 1.20. The normalized spacial score (nSPS) is 15.5. The molecule has 1 aliphatic rings. The zero-order valence-electron chi connectivity index (χ0n) is 16.6. The molecule has 1 saturated heterocycles. The number of nitrogens with zero attached hydrogens (tertiary/aromatic N) is 2. The van der Waals surface area contributed by atoms with Crippen molar-refractivity contribution >= 4 is 22.0 Å². The molecule has 31 heavy (non-hydrogen) atoms. The summed E-state index contributed by atoms with van der Waals surface area (Å²) in [5.41, 5.74) is 1.47. The van der Waals surface area contributed by atoms with Gasteiger partial charge < -0.3 is 9.32 Å². The van der Waals surface area contributed by atoms with Gasteiger partial charge in [-0.25, -0.2) is 12.8 Å². The van der Waals surface area contributed by atoms with Crippen LogP contribution in [0, 0.1) is 5.82 Å². The lowest BCUT2D eigenvalue weighted by Crippen LogP contribution is -2.50. The van der Waals surface area contributed by atoms with E-state index in [-0.39, 0.29) is 43.7 Å². The molecule has 1 aromatic heterocycles. The van der Waals surface area contributed by atoms with Crippen LogP contribution >= 0.6 is 0 Å². The van der Waals surface area contributed by atoms with Gasteiger partial charge in [-0.2, -0.15) is 4.31 Å². The fraction of sp³-hybridized carbons (Fsp3) is 0.174. The monoisotopic (exact) mass is 440 g/mol. The first kappa shape index (κ1) is 21.0. The summed E-state index contributed by atoms with van der Waals surface area (Å²) >= 11 is 0. The first-order chi connectivity index (χ1) is 14.9. The Hall–Kier alpha value is -3.23. The lowest BCUT2D eigenvalue weighted by atomic mass is 10.2. The summed E-state index contributed by atoms with van der Waals surface area (Å²) < 4.78 is 45.3. The van der Waals surface area contributed by atoms with Crippen molar-refractivity contribution in [3.05, 3.63) is 89.3 Å². The van der Waals surface area contributed by atoms with Crippen LogP contribution in [0.1, 0.15) is 16.1 Å². The maximum Gasteiger partial charge on any atom is 0.289 e. The average molecular weight is 440 g/mol. The molecule has 1 amide bonds. The highest BCUT2D eigenvalue weighted by Crippen LogP contribution is 2.23. The van der Waals surface area contributed by atoms with Crippen LogP contribution in [-0.2, 0) is 10.0 Å². The molecule has 0 unspecified atom stereocenters. The third-order valence-electron chi connectivity index (χ3n) is 5.06. The van der Waals surface area contributed by atoms with E-state index in [1.165, 1.54) is 21.8 Å². The highest BCUT2D eigenvalue weighted by molar-refractivity contribution is 7.92. The van der Waals surface area contributed by atoms with Gasteiger partial charge in [-0.05, 0) is 48.0 Å². The maximum atomic E-state index is 13.1. The number of benzene rings is 2. The number of carbonyl (C=O) groups is 1. The molecule has 0 bridgehead atoms. The molecule has 160 valence electrons. The molecule has 0 aliphatic carbocycles. The third-order valence-corrected chi connectivity index (χ3v) is 6.63. The number of sulfonamides is 1. The van der Waals surface area contributed by atoms with E-state index < -0.39 is 10.0 Å². The summed E-state index contributed by atoms with van der Waals surface area (Å²) in [4.78, 5) is 14.3. The summed E-state index contributed by atoms with van der Waals surface area (Å²) in [5.74, 6) is -0.0153. The van der Waals surface area contributed by atoms with Gasteiger partial charge in [-0.1, -0.05) is 30.3 Å². The van der Waals surface area contributed by atoms with E-state index in [2.05, 4.69) is 0 Å². The average Bonchev–Trinajstić information content (AvgIpc) is 3.29. The number of piperazine rings is 1. The smallest absolute Gasteiger partial charge is 0.289 e. The van der Waals surface area contributed by atoms with Gasteiger partial charge in [0, 0.05) is 37.2 Å². The van der Waals surface area contributed by atoms with Gasteiger partial charge in [0.05, 0.1) is 0 Å². The van der Waals surface area contributed by atoms with Crippen LogP contribution in [0.4, 0.5) is 4.39 Å². The van der Waals surface area contributed by atoms with E-state index >= 15 is 0 Å². The van der Waals surface area contributed by atoms with Crippen LogP contribution in [0.25, 0.3) is 17.4 Å². The van der Waals surface area contributed by atoms with Gasteiger partial charge in [-0.15, -0.1) is 0 Å². The van der Waals surface area contributed by atoms with Crippen molar-refractivity contribution in [1.29, 1.82) is 0 Å². The Bertz CT molecular complexity index is 1180. The maximum absolute atomic E-state index is 13.1. The van der Waals surface area contributed by atoms with Gasteiger partial charge in [0.2, 0.25) is 10.0 Å². The molecule has 2 aromatic carbocycles. The molecule has 0 N–H and O–H groups in total. The van der Waals surface area contributed by atoms with Crippen molar-refractivity contribution in [3.63, 3.8) is 0 Å². The highest BCUT2D eigenvalue weighted by atomic mass is 32.2. The minimum absolute atomic E-state index is 0.166. The van der Waals surface area contributed by atoms with Crippen LogP contribution in [0.2, 0.25) is 0 Å². The van der Waals surface area contributed by atoms with Crippen molar-refractivity contribution in [1.82, 2.24) is 9.21 Å². The molecule has 1 fully saturated rings. The topological polar surface area (TPSA) is 70.8 Å². The first-order valence-electron chi connectivity index (χ1n) is 9.81. The highest BCUT2D eigenvalue weighted by Gasteiger charge is 2.29. The zero-order valence-corrected chi connectivity index (χ0v) is 17.5. The number of amides is 1. The van der Waals surface area contributed by atoms with Crippen LogP contribution < -0.4 is 0 Å². The van der Waals surface area contributed by atoms with E-state index in [1.807, 2.05) is 30.3 Å². The van der Waals surface area contributed by atoms with Crippen molar-refractivity contribution in [2.24, 2.45) is 0 Å². The number of halogens is 1. The number of carbonyl (C=O) groups excluding carboxylic acids is 1. The lowest BCUT2D eigenvalue weighted by molar-refractivity contribution is 0.0667. The van der Waals surface area contributed by atoms with E-state index in [4.69, 9.17) is 4.42 Å². The predicted molar refractivity (Wildman–Crippen MR) is 116 cm³/mol. The van der Waals surface area contributed by atoms with Gasteiger partial charge in [0.1, 0.15) is 11.6 Å². The third kappa shape index (κ3) is 4.92. The molecule has 0 saturated carbocycles. The second-order valence-electron chi connectivity index (χ2n) is 7.12. The van der Waals surface area contributed by atoms with Crippen LogP contribution in [0.15, 0.2) is 76.6 Å². The number of furan rings is 1. The Morgan fingerprint density at radius 2 is 1.58 bits per heavy atom. The second kappa shape index (κ2) is 8.87. The summed E-state index contributed by atoms with van der Waals surface area (Å²) in [6, 6.07) is 18.2. The lowest BCUT2D eigenvalue weighted by Gasteiger charge is -2.32. The fourth-order valence-electron chi connectivity index (χ4n) is 3.34. The van der Waals surface area contributed by atoms with E-state index in [1.54, 1.807) is 35.2 Å². The predicted octanol–water partition coefficient (Wildman–Crippen LogP) is 3.84. The van der Waals surface area contributed by atoms with E-state index in [0.29, 0.717) is 11.3 Å². The molecule has 1 aliphatic heterocycles. The molecule has 0 spiro atoms. The van der Waals surface area contributed by atoms with Crippen molar-refractivity contribution in [2.75, 3.05) is 26.2 Å². The molecule has 6 nitrogen and oxygen atoms in total. The van der Waals surface area contributed by atoms with Crippen LogP contribution in [0.3, 0.4) is 0 Å². The summed E-state index contributed by atoms with van der Waals surface area (Å²) in [6.07, 6.45) is 1.56. The van der Waals surface area contributed by atoms with Crippen LogP contribution in [-0.4, -0.2) is 49.7 Å². The molecule has 0 atom stereocenters. The minimum atomic E-state index is -3.57. The molecule has 8 heteroatoms. The first-order valence-corrected chi connectivity index (χ1v) is 11.3. The van der Waals surface area contributed by atoms with Crippen LogP contribution in [0.5, 0.6) is 0 Å². The fourth-order valence-corrected chi connectivity index (χ4v) is 4.51. The molecular weight excluding hydrogens is 419 g/mol. The largest absolute Gasteiger partial charge is 0.451 e. The quantitative estimate of drug-likeness (QED) is 0.604. The molecule has 4 rings (SSSR count). The van der Waals surface area contributed by atoms with E-state index in [9.17, 15) is 17.6 Å². The minimum Gasteiger partial charge on any atom is -0.451 e. The van der Waals surface area contributed by atoms with Gasteiger partial charge in [0.25, 0.3) is 5.91 Å². The van der Waals surface area contributed by atoms with E-state index in [0.717, 1.165) is 5.56 Å². The number of hydrogen-bond donors (Lipinski definition) is 0. The Kier molecular flexibility index (Phi) is 6.01. The zero-order chi connectivity index (χ0) is 21.8. The molecular formula is C23H21FN2O4S. The summed E-state index contributed by atoms with van der Waals surface area (Å²) in [7, 11) is -3.57. The molecule has 0 radical (unpaired) electrons. The molecule has 2 heterocycles. The second-order valence-corrected chi connectivity index (χ2v) is 8.94. The Morgan fingerprint density at radius 1 is 0.903 bits per heavy atom.